The number of hydrogen-bond donors (Lipinski definition) is 1. The molecule has 1 aliphatic heterocycles. The normalized spacial score (nSPS) is 19.2. The third kappa shape index (κ3) is 2.23. The molecule has 1 aromatic carbocycles. The van der Waals surface area contributed by atoms with E-state index in [1.807, 2.05) is 18.2 Å². The van der Waals surface area contributed by atoms with Gasteiger partial charge >= 0.3 is 0 Å². The molecule has 96 valence electrons. The van der Waals surface area contributed by atoms with Crippen LogP contribution in [-0.4, -0.2) is 36.1 Å². The summed E-state index contributed by atoms with van der Waals surface area (Å²) >= 11 is 5.95. The van der Waals surface area contributed by atoms with E-state index in [4.69, 9.17) is 16.0 Å². The molecule has 1 saturated heterocycles. The topological polar surface area (TPSA) is 41.3 Å². The molecule has 0 spiro atoms. The Morgan fingerprint density at radius 1 is 1.39 bits per heavy atom. The second-order valence-electron chi connectivity index (χ2n) is 4.63. The van der Waals surface area contributed by atoms with Crippen LogP contribution in [0.5, 0.6) is 0 Å². The molecule has 1 N–H and O–H groups in total. The van der Waals surface area contributed by atoms with E-state index in [0.29, 0.717) is 5.02 Å². The maximum Gasteiger partial charge on any atom is 0.212 e. The predicted molar refractivity (Wildman–Crippen MR) is 71.9 cm³/mol. The highest BCUT2D eigenvalue weighted by Crippen LogP contribution is 2.26. The number of aromatic nitrogens is 1. The first kappa shape index (κ1) is 12.0. The van der Waals surface area contributed by atoms with Gasteiger partial charge in [-0.25, -0.2) is 4.98 Å². The maximum absolute atomic E-state index is 5.95. The highest BCUT2D eigenvalue weighted by molar-refractivity contribution is 6.31. The third-order valence-electron chi connectivity index (χ3n) is 3.42. The fraction of sp³-hybridized carbons (Fsp3) is 0.462. The molecule has 1 aromatic heterocycles. The molecule has 1 atom stereocenters. The molecule has 0 radical (unpaired) electrons. The van der Waals surface area contributed by atoms with Gasteiger partial charge in [0.1, 0.15) is 5.52 Å². The number of nitrogens with one attached hydrogen (secondary N) is 1. The van der Waals surface area contributed by atoms with E-state index in [1.165, 1.54) is 0 Å². The van der Waals surface area contributed by atoms with Crippen LogP contribution in [-0.2, 0) is 0 Å². The maximum atomic E-state index is 5.95. The molecular weight excluding hydrogens is 250 g/mol. The zero-order valence-corrected chi connectivity index (χ0v) is 11.1. The van der Waals surface area contributed by atoms with Crippen molar-refractivity contribution >= 4 is 22.7 Å². The second-order valence-corrected chi connectivity index (χ2v) is 5.06. The summed E-state index contributed by atoms with van der Waals surface area (Å²) in [5.74, 6) is 0.772. The molecule has 0 saturated carbocycles. The van der Waals surface area contributed by atoms with E-state index in [0.717, 1.165) is 43.2 Å². The summed E-state index contributed by atoms with van der Waals surface area (Å²) in [5, 5.41) is 4.03. The summed E-state index contributed by atoms with van der Waals surface area (Å²) in [5.41, 5.74) is 1.64. The van der Waals surface area contributed by atoms with Crippen LogP contribution >= 0.6 is 11.6 Å². The second kappa shape index (κ2) is 4.88. The lowest BCUT2D eigenvalue weighted by Crippen LogP contribution is -2.44. The minimum atomic E-state index is 0.207. The van der Waals surface area contributed by atoms with E-state index < -0.39 is 0 Å². The fourth-order valence-electron chi connectivity index (χ4n) is 2.32. The Balaban J connectivity index is 1.88. The van der Waals surface area contributed by atoms with Gasteiger partial charge in [-0.15, -0.1) is 0 Å². The van der Waals surface area contributed by atoms with Gasteiger partial charge in [-0.05, 0) is 19.1 Å². The number of benzene rings is 1. The van der Waals surface area contributed by atoms with E-state index in [9.17, 15) is 0 Å². The molecule has 1 aliphatic rings. The lowest BCUT2D eigenvalue weighted by molar-refractivity contribution is 0.164. The van der Waals surface area contributed by atoms with Gasteiger partial charge in [0, 0.05) is 37.3 Å². The van der Waals surface area contributed by atoms with Crippen molar-refractivity contribution in [2.75, 3.05) is 26.2 Å². The minimum Gasteiger partial charge on any atom is -0.439 e. The Hall–Kier alpha value is -1.10. The van der Waals surface area contributed by atoms with Crippen molar-refractivity contribution in [3.8, 4) is 0 Å². The van der Waals surface area contributed by atoms with Gasteiger partial charge in [-0.1, -0.05) is 11.6 Å². The Bertz CT molecular complexity index is 548. The zero-order valence-electron chi connectivity index (χ0n) is 10.3. The van der Waals surface area contributed by atoms with E-state index in [1.54, 1.807) is 0 Å². The van der Waals surface area contributed by atoms with Crippen molar-refractivity contribution in [3.05, 3.63) is 29.1 Å². The van der Waals surface area contributed by atoms with Gasteiger partial charge in [0.05, 0.1) is 6.04 Å². The predicted octanol–water partition coefficient (Wildman–Crippen LogP) is 2.45. The Labute approximate surface area is 111 Å². The molecule has 4 nitrogen and oxygen atoms in total. The third-order valence-corrected chi connectivity index (χ3v) is 3.66. The minimum absolute atomic E-state index is 0.207. The molecule has 0 bridgehead atoms. The first-order valence-electron chi connectivity index (χ1n) is 6.25. The first-order valence-corrected chi connectivity index (χ1v) is 6.62. The van der Waals surface area contributed by atoms with Crippen LogP contribution in [0.1, 0.15) is 18.9 Å². The Kier molecular flexibility index (Phi) is 3.24. The molecule has 18 heavy (non-hydrogen) atoms. The summed E-state index contributed by atoms with van der Waals surface area (Å²) in [6.07, 6.45) is 0. The summed E-state index contributed by atoms with van der Waals surface area (Å²) in [6.45, 7) is 6.24. The molecule has 1 fully saturated rings. The summed E-state index contributed by atoms with van der Waals surface area (Å²) in [4.78, 5) is 6.92. The molecule has 0 aliphatic carbocycles. The molecule has 3 rings (SSSR count). The Morgan fingerprint density at radius 3 is 2.94 bits per heavy atom. The van der Waals surface area contributed by atoms with Crippen LogP contribution in [0, 0.1) is 0 Å². The van der Waals surface area contributed by atoms with Gasteiger partial charge in [0.25, 0.3) is 0 Å². The summed E-state index contributed by atoms with van der Waals surface area (Å²) in [6, 6.07) is 5.76. The molecule has 2 heterocycles. The number of fused-ring (bicyclic) bond motifs is 1. The molecule has 0 amide bonds. The van der Waals surface area contributed by atoms with Crippen molar-refractivity contribution in [2.45, 2.75) is 13.0 Å². The van der Waals surface area contributed by atoms with Crippen LogP contribution in [0.15, 0.2) is 22.6 Å². The van der Waals surface area contributed by atoms with Gasteiger partial charge in [-0.2, -0.15) is 0 Å². The number of rotatable bonds is 2. The smallest absolute Gasteiger partial charge is 0.212 e. The lowest BCUT2D eigenvalue weighted by atomic mass is 10.2. The number of nitrogens with zero attached hydrogens (tertiary/aromatic N) is 2. The van der Waals surface area contributed by atoms with Gasteiger partial charge in [0.15, 0.2) is 5.58 Å². The zero-order chi connectivity index (χ0) is 12.5. The van der Waals surface area contributed by atoms with Crippen molar-refractivity contribution in [2.24, 2.45) is 0 Å². The average molecular weight is 266 g/mol. The van der Waals surface area contributed by atoms with Crippen molar-refractivity contribution in [3.63, 3.8) is 0 Å². The largest absolute Gasteiger partial charge is 0.439 e. The van der Waals surface area contributed by atoms with Crippen molar-refractivity contribution < 1.29 is 4.42 Å². The standard InChI is InChI=1S/C13H16ClN3O/c1-9(17-6-4-15-5-7-17)13-16-11-3-2-10(14)8-12(11)18-13/h2-3,8-9,15H,4-7H2,1H3. The number of halogens is 1. The van der Waals surface area contributed by atoms with Crippen LogP contribution < -0.4 is 5.32 Å². The number of piperazine rings is 1. The highest BCUT2D eigenvalue weighted by atomic mass is 35.5. The lowest BCUT2D eigenvalue weighted by Gasteiger charge is -2.30. The quantitative estimate of drug-likeness (QED) is 0.906. The van der Waals surface area contributed by atoms with Gasteiger partial charge in [-0.3, -0.25) is 4.90 Å². The molecule has 5 heteroatoms. The van der Waals surface area contributed by atoms with E-state index in [2.05, 4.69) is 22.1 Å². The summed E-state index contributed by atoms with van der Waals surface area (Å²) < 4.78 is 5.81. The van der Waals surface area contributed by atoms with Crippen LogP contribution in [0.2, 0.25) is 5.02 Å². The van der Waals surface area contributed by atoms with E-state index >= 15 is 0 Å². The van der Waals surface area contributed by atoms with Gasteiger partial charge in [0.2, 0.25) is 5.89 Å². The molecular formula is C13H16ClN3O. The van der Waals surface area contributed by atoms with Crippen LogP contribution in [0.3, 0.4) is 0 Å². The van der Waals surface area contributed by atoms with E-state index in [-0.39, 0.29) is 6.04 Å². The van der Waals surface area contributed by atoms with Gasteiger partial charge < -0.3 is 9.73 Å². The monoisotopic (exact) mass is 265 g/mol. The molecule has 1 unspecified atom stereocenters. The highest BCUT2D eigenvalue weighted by Gasteiger charge is 2.22. The van der Waals surface area contributed by atoms with Crippen LogP contribution in [0.4, 0.5) is 0 Å². The first-order chi connectivity index (χ1) is 8.74. The number of oxazole rings is 1. The number of hydrogen-bond acceptors (Lipinski definition) is 4. The SMILES string of the molecule is CC(c1nc2ccc(Cl)cc2o1)N1CCNCC1. The summed E-state index contributed by atoms with van der Waals surface area (Å²) in [7, 11) is 0. The van der Waals surface area contributed by atoms with Crippen molar-refractivity contribution in [1.29, 1.82) is 0 Å². The average Bonchev–Trinajstić information content (AvgIpc) is 2.81. The fourth-order valence-corrected chi connectivity index (χ4v) is 2.48. The van der Waals surface area contributed by atoms with Crippen molar-refractivity contribution in [1.82, 2.24) is 15.2 Å². The molecule has 2 aromatic rings. The van der Waals surface area contributed by atoms with Crippen LogP contribution in [0.25, 0.3) is 11.1 Å². The Morgan fingerprint density at radius 2 is 2.17 bits per heavy atom.